The summed E-state index contributed by atoms with van der Waals surface area (Å²) in [4.78, 5) is 3.68. The van der Waals surface area contributed by atoms with Crippen molar-refractivity contribution in [2.45, 2.75) is 6.04 Å². The normalized spacial score (nSPS) is 12.5. The van der Waals surface area contributed by atoms with Crippen molar-refractivity contribution in [1.82, 2.24) is 14.8 Å². The van der Waals surface area contributed by atoms with E-state index in [0.29, 0.717) is 17.1 Å². The van der Waals surface area contributed by atoms with E-state index in [9.17, 15) is 4.39 Å². The van der Waals surface area contributed by atoms with Gasteiger partial charge in [0.05, 0.1) is 25.0 Å². The highest BCUT2D eigenvalue weighted by Crippen LogP contribution is 2.23. The van der Waals surface area contributed by atoms with Gasteiger partial charge >= 0.3 is 0 Å². The second-order valence-corrected chi connectivity index (χ2v) is 3.61. The number of hydrogen-bond acceptors (Lipinski definition) is 4. The van der Waals surface area contributed by atoms with Crippen molar-refractivity contribution in [2.24, 2.45) is 12.8 Å². The van der Waals surface area contributed by atoms with E-state index in [1.165, 1.54) is 6.20 Å². The zero-order chi connectivity index (χ0) is 12.4. The van der Waals surface area contributed by atoms with Gasteiger partial charge in [0, 0.05) is 24.9 Å². The Kier molecular flexibility index (Phi) is 3.06. The van der Waals surface area contributed by atoms with Crippen LogP contribution in [0.15, 0.2) is 24.5 Å². The molecule has 5 nitrogen and oxygen atoms in total. The lowest BCUT2D eigenvalue weighted by atomic mass is 10.1. The maximum absolute atomic E-state index is 13.5. The Morgan fingerprint density at radius 1 is 1.53 bits per heavy atom. The third kappa shape index (κ3) is 2.12. The van der Waals surface area contributed by atoms with Crippen molar-refractivity contribution in [3.63, 3.8) is 0 Å². The Morgan fingerprint density at radius 3 is 2.88 bits per heavy atom. The van der Waals surface area contributed by atoms with Crippen molar-refractivity contribution in [2.75, 3.05) is 7.11 Å². The van der Waals surface area contributed by atoms with Crippen LogP contribution in [0.1, 0.15) is 17.3 Å². The summed E-state index contributed by atoms with van der Waals surface area (Å²) in [6.45, 7) is 0. The van der Waals surface area contributed by atoms with Gasteiger partial charge in [-0.3, -0.25) is 4.98 Å². The number of hydrogen-bond donors (Lipinski definition) is 1. The lowest BCUT2D eigenvalue weighted by molar-refractivity contribution is 0.373. The molecule has 0 aliphatic heterocycles. The van der Waals surface area contributed by atoms with Gasteiger partial charge in [-0.15, -0.1) is 0 Å². The first kappa shape index (κ1) is 11.5. The maximum atomic E-state index is 13.5. The predicted octanol–water partition coefficient (Wildman–Crippen LogP) is 1.01. The topological polar surface area (TPSA) is 66.0 Å². The molecule has 1 atom stereocenters. The number of aromatic nitrogens is 3. The number of methoxy groups -OCH3 is 1. The molecule has 2 N–H and O–H groups in total. The van der Waals surface area contributed by atoms with Gasteiger partial charge in [-0.1, -0.05) is 0 Å². The van der Waals surface area contributed by atoms with Crippen LogP contribution in [-0.4, -0.2) is 21.9 Å². The third-order valence-corrected chi connectivity index (χ3v) is 2.52. The minimum atomic E-state index is -0.631. The van der Waals surface area contributed by atoms with E-state index in [-0.39, 0.29) is 0 Å². The second-order valence-electron chi connectivity index (χ2n) is 3.61. The van der Waals surface area contributed by atoms with Crippen molar-refractivity contribution >= 4 is 0 Å². The number of pyridine rings is 1. The molecule has 17 heavy (non-hydrogen) atoms. The van der Waals surface area contributed by atoms with E-state index in [1.807, 2.05) is 0 Å². The zero-order valence-corrected chi connectivity index (χ0v) is 9.59. The van der Waals surface area contributed by atoms with Gasteiger partial charge in [0.2, 0.25) is 5.88 Å². The summed E-state index contributed by atoms with van der Waals surface area (Å²) in [7, 11) is 3.28. The highest BCUT2D eigenvalue weighted by atomic mass is 19.1. The molecular weight excluding hydrogens is 223 g/mol. The van der Waals surface area contributed by atoms with Crippen molar-refractivity contribution in [1.29, 1.82) is 0 Å². The Bertz CT molecular complexity index is 526. The minimum Gasteiger partial charge on any atom is -0.481 e. The van der Waals surface area contributed by atoms with Gasteiger partial charge in [0.15, 0.2) is 0 Å². The summed E-state index contributed by atoms with van der Waals surface area (Å²) in [6, 6.07) is 2.60. The molecule has 0 saturated heterocycles. The van der Waals surface area contributed by atoms with Gasteiger partial charge in [0.1, 0.15) is 5.82 Å². The molecule has 2 aromatic heterocycles. The summed E-state index contributed by atoms with van der Waals surface area (Å²) >= 11 is 0. The van der Waals surface area contributed by atoms with E-state index >= 15 is 0 Å². The molecule has 2 aromatic rings. The maximum Gasteiger partial charge on any atom is 0.211 e. The lowest BCUT2D eigenvalue weighted by Gasteiger charge is -2.09. The molecule has 2 rings (SSSR count). The molecule has 6 heteroatoms. The fourth-order valence-corrected chi connectivity index (χ4v) is 1.61. The Balaban J connectivity index is 2.37. The van der Waals surface area contributed by atoms with Gasteiger partial charge in [-0.2, -0.15) is 5.10 Å². The van der Waals surface area contributed by atoms with Gasteiger partial charge in [-0.25, -0.2) is 9.07 Å². The van der Waals surface area contributed by atoms with E-state index in [2.05, 4.69) is 10.1 Å². The lowest BCUT2D eigenvalue weighted by Crippen LogP contribution is -2.14. The SMILES string of the molecule is COc1cc(C(N)c2ccncc2F)nn1C. The van der Waals surface area contributed by atoms with Gasteiger partial charge < -0.3 is 10.5 Å². The van der Waals surface area contributed by atoms with Crippen LogP contribution in [0.3, 0.4) is 0 Å². The highest BCUT2D eigenvalue weighted by molar-refractivity contribution is 5.29. The molecule has 0 aliphatic carbocycles. The number of halogens is 1. The highest BCUT2D eigenvalue weighted by Gasteiger charge is 2.17. The monoisotopic (exact) mass is 236 g/mol. The largest absolute Gasteiger partial charge is 0.481 e. The molecule has 0 amide bonds. The summed E-state index contributed by atoms with van der Waals surface area (Å²) in [5.41, 5.74) is 6.87. The quantitative estimate of drug-likeness (QED) is 0.863. The van der Waals surface area contributed by atoms with Crippen LogP contribution < -0.4 is 10.5 Å². The first-order valence-electron chi connectivity index (χ1n) is 5.06. The van der Waals surface area contributed by atoms with E-state index in [4.69, 9.17) is 10.5 Å². The molecule has 0 bridgehead atoms. The molecule has 90 valence electrons. The van der Waals surface area contributed by atoms with E-state index in [1.54, 1.807) is 31.0 Å². The first-order valence-corrected chi connectivity index (χ1v) is 5.06. The predicted molar refractivity (Wildman–Crippen MR) is 60.0 cm³/mol. The Morgan fingerprint density at radius 2 is 2.29 bits per heavy atom. The Labute approximate surface area is 98.0 Å². The average Bonchev–Trinajstić information content (AvgIpc) is 2.70. The number of rotatable bonds is 3. The van der Waals surface area contributed by atoms with Crippen molar-refractivity contribution in [3.8, 4) is 5.88 Å². The van der Waals surface area contributed by atoms with Crippen LogP contribution in [-0.2, 0) is 7.05 Å². The summed E-state index contributed by atoms with van der Waals surface area (Å²) in [6.07, 6.45) is 2.63. The fraction of sp³-hybridized carbons (Fsp3) is 0.273. The van der Waals surface area contributed by atoms with Gasteiger partial charge in [0.25, 0.3) is 0 Å². The fourth-order valence-electron chi connectivity index (χ4n) is 1.61. The van der Waals surface area contributed by atoms with Crippen LogP contribution in [0, 0.1) is 5.82 Å². The van der Waals surface area contributed by atoms with Crippen LogP contribution in [0.4, 0.5) is 4.39 Å². The average molecular weight is 236 g/mol. The number of nitrogens with two attached hydrogens (primary N) is 1. The third-order valence-electron chi connectivity index (χ3n) is 2.52. The summed E-state index contributed by atoms with van der Waals surface area (Å²) in [5, 5.41) is 4.18. The Hall–Kier alpha value is -1.95. The molecule has 1 unspecified atom stereocenters. The van der Waals surface area contributed by atoms with E-state index in [0.717, 1.165) is 6.20 Å². The van der Waals surface area contributed by atoms with Crippen molar-refractivity contribution < 1.29 is 9.13 Å². The molecule has 0 aliphatic rings. The van der Waals surface area contributed by atoms with Crippen LogP contribution in [0.25, 0.3) is 0 Å². The molecule has 0 spiro atoms. The number of nitrogens with zero attached hydrogens (tertiary/aromatic N) is 3. The standard InChI is InChI=1S/C11H13FN4O/c1-16-10(17-2)5-9(15-16)11(13)7-3-4-14-6-8(7)12/h3-6,11H,13H2,1-2H3. The van der Waals surface area contributed by atoms with Crippen LogP contribution in [0.2, 0.25) is 0 Å². The van der Waals surface area contributed by atoms with Gasteiger partial charge in [-0.05, 0) is 6.07 Å². The molecule has 0 radical (unpaired) electrons. The second kappa shape index (κ2) is 4.50. The zero-order valence-electron chi connectivity index (χ0n) is 9.59. The molecule has 0 aromatic carbocycles. The first-order chi connectivity index (χ1) is 8.13. The summed E-state index contributed by atoms with van der Waals surface area (Å²) < 4.78 is 20.1. The smallest absolute Gasteiger partial charge is 0.211 e. The van der Waals surface area contributed by atoms with Crippen LogP contribution in [0.5, 0.6) is 5.88 Å². The van der Waals surface area contributed by atoms with Crippen molar-refractivity contribution in [3.05, 3.63) is 41.6 Å². The molecule has 2 heterocycles. The van der Waals surface area contributed by atoms with Crippen LogP contribution >= 0.6 is 0 Å². The molecular formula is C11H13FN4O. The number of ether oxygens (including phenoxy) is 1. The number of aryl methyl sites for hydroxylation is 1. The molecule has 0 saturated carbocycles. The summed E-state index contributed by atoms with van der Waals surface area (Å²) in [5.74, 6) is 0.134. The minimum absolute atomic E-state index is 0.362. The molecule has 0 fully saturated rings. The van der Waals surface area contributed by atoms with E-state index < -0.39 is 11.9 Å².